The monoisotopic (exact) mass is 319 g/mol. The van der Waals surface area contributed by atoms with Crippen LogP contribution in [0.3, 0.4) is 0 Å². The van der Waals surface area contributed by atoms with Crippen molar-refractivity contribution >= 4 is 23.7 Å². The zero-order valence-electron chi connectivity index (χ0n) is 12.5. The van der Waals surface area contributed by atoms with E-state index in [1.165, 1.54) is 4.90 Å². The minimum atomic E-state index is -0.0605. The molecule has 3 atom stereocenters. The van der Waals surface area contributed by atoms with Crippen LogP contribution in [0.1, 0.15) is 25.7 Å². The highest BCUT2D eigenvalue weighted by Crippen LogP contribution is 2.33. The second-order valence-electron chi connectivity index (χ2n) is 5.53. The molecule has 2 N–H and O–H groups in total. The molecule has 2 aliphatic rings. The Morgan fingerprint density at radius 2 is 2.00 bits per heavy atom. The van der Waals surface area contributed by atoms with Gasteiger partial charge < -0.3 is 15.5 Å². The number of hydrogen-bond acceptors (Lipinski definition) is 3. The number of urea groups is 1. The van der Waals surface area contributed by atoms with E-state index in [1.807, 2.05) is 11.8 Å². The lowest BCUT2D eigenvalue weighted by Crippen LogP contribution is -2.36. The third-order valence-electron chi connectivity index (χ3n) is 3.98. The van der Waals surface area contributed by atoms with Gasteiger partial charge in [0.05, 0.1) is 25.2 Å². The number of carbonyl (C=O) groups is 2. The predicted octanol–water partition coefficient (Wildman–Crippen LogP) is 0.807. The number of amides is 3. The summed E-state index contributed by atoms with van der Waals surface area (Å²) in [5.41, 5.74) is 0. The van der Waals surface area contributed by atoms with Gasteiger partial charge in [-0.3, -0.25) is 4.79 Å². The summed E-state index contributed by atoms with van der Waals surface area (Å²) in [6.07, 6.45) is 13.7. The lowest BCUT2D eigenvalue weighted by molar-refractivity contribution is -0.130. The van der Waals surface area contributed by atoms with Gasteiger partial charge in [0.2, 0.25) is 5.91 Å². The van der Waals surface area contributed by atoms with Crippen molar-refractivity contribution in [3.8, 4) is 24.7 Å². The van der Waals surface area contributed by atoms with Gasteiger partial charge in [0.15, 0.2) is 0 Å². The lowest BCUT2D eigenvalue weighted by Gasteiger charge is -2.18. The van der Waals surface area contributed by atoms with Gasteiger partial charge in [-0.05, 0) is 12.8 Å². The number of fused-ring (bicyclic) bond motifs is 1. The first-order valence-corrected chi connectivity index (χ1v) is 8.54. The fourth-order valence-corrected chi connectivity index (χ4v) is 4.42. The van der Waals surface area contributed by atoms with E-state index >= 15 is 0 Å². The number of nitrogens with zero attached hydrogens (tertiary/aromatic N) is 1. The van der Waals surface area contributed by atoms with Gasteiger partial charge >= 0.3 is 6.03 Å². The van der Waals surface area contributed by atoms with E-state index in [0.717, 1.165) is 25.0 Å². The molecule has 0 aliphatic carbocycles. The Balaban J connectivity index is 1.67. The number of unbranched alkanes of at least 4 members (excludes halogenated alkanes) is 1. The Morgan fingerprint density at radius 1 is 1.27 bits per heavy atom. The smallest absolute Gasteiger partial charge is 0.315 e. The predicted molar refractivity (Wildman–Crippen MR) is 88.2 cm³/mol. The van der Waals surface area contributed by atoms with Gasteiger partial charge in [-0.15, -0.1) is 12.8 Å². The molecule has 2 aliphatic heterocycles. The first-order chi connectivity index (χ1) is 10.7. The van der Waals surface area contributed by atoms with Gasteiger partial charge in [-0.2, -0.15) is 11.8 Å². The summed E-state index contributed by atoms with van der Waals surface area (Å²) in [5.74, 6) is 5.89. The van der Waals surface area contributed by atoms with Crippen LogP contribution in [0.5, 0.6) is 0 Å². The molecule has 0 saturated carbocycles. The second kappa shape index (κ2) is 8.00. The molecule has 2 heterocycles. The van der Waals surface area contributed by atoms with Crippen molar-refractivity contribution in [2.45, 2.75) is 43.0 Å². The molecule has 6 heteroatoms. The maximum absolute atomic E-state index is 12.0. The zero-order chi connectivity index (χ0) is 15.9. The largest absolute Gasteiger partial charge is 0.332 e. The minimum absolute atomic E-state index is 0.0173. The SMILES string of the molecule is C#CCN(CC#C)C(=O)CCCC[C@@H]1SC[C@@H]2NC(=O)N[C@@H]21. The lowest BCUT2D eigenvalue weighted by atomic mass is 10.0. The zero-order valence-corrected chi connectivity index (χ0v) is 13.3. The van der Waals surface area contributed by atoms with E-state index < -0.39 is 0 Å². The molecule has 0 unspecified atom stereocenters. The van der Waals surface area contributed by atoms with Crippen LogP contribution in [0.4, 0.5) is 4.79 Å². The van der Waals surface area contributed by atoms with Gasteiger partial charge in [-0.1, -0.05) is 18.3 Å². The molecule has 0 spiro atoms. The fourth-order valence-electron chi connectivity index (χ4n) is 2.88. The van der Waals surface area contributed by atoms with Crippen LogP contribution in [0, 0.1) is 24.7 Å². The van der Waals surface area contributed by atoms with Crippen LogP contribution >= 0.6 is 11.8 Å². The molecule has 0 aromatic carbocycles. The van der Waals surface area contributed by atoms with E-state index in [4.69, 9.17) is 12.8 Å². The number of carbonyl (C=O) groups excluding carboxylic acids is 2. The number of terminal acetylenes is 2. The first-order valence-electron chi connectivity index (χ1n) is 7.49. The van der Waals surface area contributed by atoms with Crippen LogP contribution in [-0.4, -0.2) is 53.0 Å². The van der Waals surface area contributed by atoms with E-state index in [0.29, 0.717) is 11.7 Å². The fraction of sp³-hybridized carbons (Fsp3) is 0.625. The molecule has 2 rings (SSSR count). The number of nitrogens with one attached hydrogen (secondary N) is 2. The summed E-state index contributed by atoms with van der Waals surface area (Å²) >= 11 is 1.89. The van der Waals surface area contributed by atoms with E-state index in [9.17, 15) is 9.59 Å². The molecule has 118 valence electrons. The molecular weight excluding hydrogens is 298 g/mol. The summed E-state index contributed by atoms with van der Waals surface area (Å²) < 4.78 is 0. The van der Waals surface area contributed by atoms with Crippen molar-refractivity contribution in [3.63, 3.8) is 0 Å². The van der Waals surface area contributed by atoms with Crippen LogP contribution in [0.25, 0.3) is 0 Å². The molecule has 0 bridgehead atoms. The first kappa shape index (κ1) is 16.6. The van der Waals surface area contributed by atoms with Crippen molar-refractivity contribution < 1.29 is 9.59 Å². The number of thioether (sulfide) groups is 1. The van der Waals surface area contributed by atoms with Crippen molar-refractivity contribution in [1.82, 2.24) is 15.5 Å². The van der Waals surface area contributed by atoms with E-state index in [-0.39, 0.29) is 37.1 Å². The van der Waals surface area contributed by atoms with Gasteiger partial charge in [0, 0.05) is 17.4 Å². The Labute approximate surface area is 136 Å². The Morgan fingerprint density at radius 3 is 2.68 bits per heavy atom. The molecule has 3 amide bonds. The van der Waals surface area contributed by atoms with Crippen molar-refractivity contribution in [3.05, 3.63) is 0 Å². The summed E-state index contributed by atoms with van der Waals surface area (Å²) in [6.45, 7) is 0.534. The van der Waals surface area contributed by atoms with Gasteiger partial charge in [-0.25, -0.2) is 4.79 Å². The van der Waals surface area contributed by atoms with E-state index in [1.54, 1.807) is 0 Å². The summed E-state index contributed by atoms with van der Waals surface area (Å²) in [4.78, 5) is 24.8. The quantitative estimate of drug-likeness (QED) is 0.415. The number of rotatable bonds is 7. The van der Waals surface area contributed by atoms with Crippen LogP contribution in [0.15, 0.2) is 0 Å². The van der Waals surface area contributed by atoms with Gasteiger partial charge in [0.1, 0.15) is 0 Å². The second-order valence-corrected chi connectivity index (χ2v) is 6.80. The Bertz CT molecular complexity index is 493. The topological polar surface area (TPSA) is 61.4 Å². The number of hydrogen-bond donors (Lipinski definition) is 2. The molecule has 2 saturated heterocycles. The third kappa shape index (κ3) is 4.11. The minimum Gasteiger partial charge on any atom is -0.332 e. The molecule has 2 fully saturated rings. The average Bonchev–Trinajstić information content (AvgIpc) is 3.03. The highest BCUT2D eigenvalue weighted by Gasteiger charge is 2.42. The molecule has 0 aromatic heterocycles. The van der Waals surface area contributed by atoms with Crippen molar-refractivity contribution in [2.24, 2.45) is 0 Å². The van der Waals surface area contributed by atoms with Crippen molar-refractivity contribution in [1.29, 1.82) is 0 Å². The summed E-state index contributed by atoms with van der Waals surface area (Å²) in [6, 6.07) is 0.424. The van der Waals surface area contributed by atoms with Crippen LogP contribution in [0.2, 0.25) is 0 Å². The Kier molecular flexibility index (Phi) is 6.03. The molecule has 5 nitrogen and oxygen atoms in total. The Hall–Kier alpha value is -1.79. The highest BCUT2D eigenvalue weighted by atomic mass is 32.2. The van der Waals surface area contributed by atoms with E-state index in [2.05, 4.69) is 22.5 Å². The molecule has 0 aromatic rings. The average molecular weight is 319 g/mol. The van der Waals surface area contributed by atoms with Crippen molar-refractivity contribution in [2.75, 3.05) is 18.8 Å². The molecule has 22 heavy (non-hydrogen) atoms. The maximum atomic E-state index is 12.0. The highest BCUT2D eigenvalue weighted by molar-refractivity contribution is 8.00. The standard InChI is InChI=1S/C16H21N3O2S/c1-3-9-19(10-4-2)14(20)8-6-5-7-13-15-12(11-22-13)17-16(21)18-15/h1-2,12-13,15H,5-11H2,(H2,17,18,21)/t12-,13-,15-/m0/s1. The summed E-state index contributed by atoms with van der Waals surface area (Å²) in [7, 11) is 0. The third-order valence-corrected chi connectivity index (χ3v) is 5.49. The molecular formula is C16H21N3O2S. The van der Waals surface area contributed by atoms with Gasteiger partial charge in [0.25, 0.3) is 0 Å². The normalized spacial score (nSPS) is 25.5. The summed E-state index contributed by atoms with van der Waals surface area (Å²) in [5, 5.41) is 6.34. The molecule has 0 radical (unpaired) electrons. The maximum Gasteiger partial charge on any atom is 0.315 e. The van der Waals surface area contributed by atoms with Crippen LogP contribution in [-0.2, 0) is 4.79 Å². The van der Waals surface area contributed by atoms with Crippen LogP contribution < -0.4 is 10.6 Å².